The molecule has 3 rings (SSSR count). The summed E-state index contributed by atoms with van der Waals surface area (Å²) in [7, 11) is 1.59. The van der Waals surface area contributed by atoms with E-state index in [9.17, 15) is 26.7 Å². The van der Waals surface area contributed by atoms with Crippen LogP contribution in [0.4, 0.5) is 22.0 Å². The fourth-order valence-electron chi connectivity index (χ4n) is 2.98. The van der Waals surface area contributed by atoms with Gasteiger partial charge in [-0.05, 0) is 35.4 Å². The minimum atomic E-state index is -4.72. The number of carbonyl (C=O) groups excluding carboxylic acids is 1. The highest BCUT2D eigenvalue weighted by Gasteiger charge is 2.39. The lowest BCUT2D eigenvalue weighted by atomic mass is 9.96. The lowest BCUT2D eigenvalue weighted by Crippen LogP contribution is -2.45. The summed E-state index contributed by atoms with van der Waals surface area (Å²) < 4.78 is 68.8. The molecular weight excluding hydrogens is 480 g/mol. The number of rotatable bonds is 5. The molecule has 1 amide bonds. The number of amides is 1. The van der Waals surface area contributed by atoms with Crippen LogP contribution >= 0.6 is 35.0 Å². The van der Waals surface area contributed by atoms with E-state index >= 15 is 0 Å². The molecule has 31 heavy (non-hydrogen) atoms. The average Bonchev–Trinajstić information content (AvgIpc) is 2.63. The molecule has 0 N–H and O–H groups in total. The van der Waals surface area contributed by atoms with Gasteiger partial charge in [-0.3, -0.25) is 4.79 Å². The van der Waals surface area contributed by atoms with Gasteiger partial charge in [-0.15, -0.1) is 0 Å². The molecule has 0 aromatic heterocycles. The molecule has 1 heterocycles. The number of allylic oxidation sites excluding steroid dienone is 1. The first kappa shape index (κ1) is 23.9. The van der Waals surface area contributed by atoms with E-state index in [1.807, 2.05) is 0 Å². The van der Waals surface area contributed by atoms with Gasteiger partial charge in [0, 0.05) is 24.6 Å². The molecule has 10 heteroatoms. The number of benzene rings is 2. The molecule has 0 radical (unpaired) electrons. The van der Waals surface area contributed by atoms with Crippen LogP contribution in [0.5, 0.6) is 0 Å². The van der Waals surface area contributed by atoms with Crippen molar-refractivity contribution in [2.45, 2.75) is 18.1 Å². The first-order chi connectivity index (χ1) is 14.5. The number of halogens is 7. The van der Waals surface area contributed by atoms with E-state index in [1.165, 1.54) is 17.0 Å². The van der Waals surface area contributed by atoms with Crippen LogP contribution in [0.25, 0.3) is 6.08 Å². The zero-order valence-electron chi connectivity index (χ0n) is 16.0. The SMILES string of the molecule is CN(C(=O)c1ccc(/C=C/C(c2cc(Cl)c(F)c(Cl)c2)C(F)(F)F)cc1F)C1CSC1. The predicted molar refractivity (Wildman–Crippen MR) is 114 cm³/mol. The summed E-state index contributed by atoms with van der Waals surface area (Å²) in [4.78, 5) is 13.9. The minimum absolute atomic E-state index is 0.0402. The molecule has 166 valence electrons. The van der Waals surface area contributed by atoms with Gasteiger partial charge in [-0.2, -0.15) is 24.9 Å². The van der Waals surface area contributed by atoms with E-state index in [4.69, 9.17) is 23.2 Å². The molecule has 1 unspecified atom stereocenters. The lowest BCUT2D eigenvalue weighted by molar-refractivity contribution is -0.139. The van der Waals surface area contributed by atoms with Crippen molar-refractivity contribution in [3.05, 3.63) is 74.8 Å². The van der Waals surface area contributed by atoms with Crippen molar-refractivity contribution < 1.29 is 26.7 Å². The van der Waals surface area contributed by atoms with Crippen molar-refractivity contribution in [1.82, 2.24) is 4.90 Å². The maximum absolute atomic E-state index is 14.5. The molecule has 1 saturated heterocycles. The molecule has 2 aromatic rings. The molecule has 2 nitrogen and oxygen atoms in total. The van der Waals surface area contributed by atoms with Gasteiger partial charge in [0.05, 0.1) is 21.5 Å². The Bertz CT molecular complexity index is 1000. The van der Waals surface area contributed by atoms with Gasteiger partial charge in [-0.1, -0.05) is 41.4 Å². The fourth-order valence-corrected chi connectivity index (χ4v) is 4.38. The van der Waals surface area contributed by atoms with E-state index in [1.54, 1.807) is 18.8 Å². The third-order valence-corrected chi connectivity index (χ3v) is 6.70. The van der Waals surface area contributed by atoms with Crippen LogP contribution in [-0.2, 0) is 0 Å². The van der Waals surface area contributed by atoms with Crippen molar-refractivity contribution >= 4 is 46.9 Å². The molecule has 1 aliphatic heterocycles. The molecule has 0 aliphatic carbocycles. The maximum Gasteiger partial charge on any atom is 0.399 e. The third-order valence-electron chi connectivity index (χ3n) is 4.91. The second kappa shape index (κ2) is 9.38. The van der Waals surface area contributed by atoms with Crippen molar-refractivity contribution in [2.75, 3.05) is 18.6 Å². The second-order valence-electron chi connectivity index (χ2n) is 7.02. The van der Waals surface area contributed by atoms with Crippen LogP contribution in [-0.4, -0.2) is 41.6 Å². The molecular formula is C21H16Cl2F5NOS. The van der Waals surface area contributed by atoms with Gasteiger partial charge in [0.1, 0.15) is 5.82 Å². The predicted octanol–water partition coefficient (Wildman–Crippen LogP) is 6.82. The number of hydrogen-bond donors (Lipinski definition) is 0. The molecule has 1 atom stereocenters. The normalized spacial score (nSPS) is 15.7. The smallest absolute Gasteiger partial charge is 0.337 e. The van der Waals surface area contributed by atoms with Crippen molar-refractivity contribution in [3.63, 3.8) is 0 Å². The van der Waals surface area contributed by atoms with Crippen LogP contribution in [0.3, 0.4) is 0 Å². The topological polar surface area (TPSA) is 20.3 Å². The quantitative estimate of drug-likeness (QED) is 0.335. The van der Waals surface area contributed by atoms with E-state index in [2.05, 4.69) is 0 Å². The molecule has 0 bridgehead atoms. The number of nitrogens with zero attached hydrogens (tertiary/aromatic N) is 1. The largest absolute Gasteiger partial charge is 0.399 e. The number of hydrogen-bond acceptors (Lipinski definition) is 2. The molecule has 2 aromatic carbocycles. The van der Waals surface area contributed by atoms with E-state index in [0.29, 0.717) is 0 Å². The summed E-state index contributed by atoms with van der Waals surface area (Å²) in [5.41, 5.74) is -0.377. The highest BCUT2D eigenvalue weighted by Crippen LogP contribution is 2.39. The highest BCUT2D eigenvalue weighted by molar-refractivity contribution is 8.00. The monoisotopic (exact) mass is 495 g/mol. The zero-order chi connectivity index (χ0) is 22.9. The maximum atomic E-state index is 14.5. The second-order valence-corrected chi connectivity index (χ2v) is 8.91. The van der Waals surface area contributed by atoms with Crippen molar-refractivity contribution in [2.24, 2.45) is 0 Å². The summed E-state index contributed by atoms with van der Waals surface area (Å²) in [5.74, 6) is -2.91. The molecule has 0 spiro atoms. The first-order valence-corrected chi connectivity index (χ1v) is 10.9. The number of carbonyl (C=O) groups is 1. The van der Waals surface area contributed by atoms with E-state index in [0.717, 1.165) is 41.9 Å². The Morgan fingerprint density at radius 3 is 2.26 bits per heavy atom. The molecule has 1 aliphatic rings. The Morgan fingerprint density at radius 2 is 1.77 bits per heavy atom. The summed E-state index contributed by atoms with van der Waals surface area (Å²) in [6.45, 7) is 0. The summed E-state index contributed by atoms with van der Waals surface area (Å²) in [6.07, 6.45) is -2.85. The first-order valence-electron chi connectivity index (χ1n) is 9.03. The van der Waals surface area contributed by atoms with Crippen LogP contribution in [0.15, 0.2) is 36.4 Å². The van der Waals surface area contributed by atoms with Crippen molar-refractivity contribution in [1.29, 1.82) is 0 Å². The van der Waals surface area contributed by atoms with E-state index in [-0.39, 0.29) is 22.7 Å². The van der Waals surface area contributed by atoms with Gasteiger partial charge in [0.15, 0.2) is 5.82 Å². The van der Waals surface area contributed by atoms with Crippen LogP contribution < -0.4 is 0 Å². The highest BCUT2D eigenvalue weighted by atomic mass is 35.5. The van der Waals surface area contributed by atoms with Crippen LogP contribution in [0.2, 0.25) is 10.0 Å². The van der Waals surface area contributed by atoms with Gasteiger partial charge in [0.25, 0.3) is 5.91 Å². The lowest BCUT2D eigenvalue weighted by Gasteiger charge is -2.34. The zero-order valence-corrected chi connectivity index (χ0v) is 18.3. The Balaban J connectivity index is 1.86. The van der Waals surface area contributed by atoms with E-state index < -0.39 is 39.7 Å². The van der Waals surface area contributed by atoms with Gasteiger partial charge in [0.2, 0.25) is 0 Å². The third kappa shape index (κ3) is 5.35. The molecule has 0 saturated carbocycles. The number of alkyl halides is 3. The Morgan fingerprint density at radius 1 is 1.16 bits per heavy atom. The van der Waals surface area contributed by atoms with Gasteiger partial charge < -0.3 is 4.90 Å². The minimum Gasteiger partial charge on any atom is -0.337 e. The standard InChI is InChI=1S/C21H16Cl2F5NOS/c1-29(13-9-31-10-13)20(30)14-4-2-11(6-18(14)24)3-5-15(21(26,27)28)12-7-16(22)19(25)17(23)8-12/h2-8,13,15H,9-10H2,1H3/b5-3+. The van der Waals surface area contributed by atoms with Crippen molar-refractivity contribution in [3.8, 4) is 0 Å². The number of thioether (sulfide) groups is 1. The van der Waals surface area contributed by atoms with Crippen LogP contribution in [0, 0.1) is 11.6 Å². The summed E-state index contributed by atoms with van der Waals surface area (Å²) >= 11 is 12.9. The van der Waals surface area contributed by atoms with Crippen LogP contribution in [0.1, 0.15) is 27.4 Å². The van der Waals surface area contributed by atoms with Gasteiger partial charge in [-0.25, -0.2) is 8.78 Å². The summed E-state index contributed by atoms with van der Waals surface area (Å²) in [5, 5.41) is -1.07. The fraction of sp³-hybridized carbons (Fsp3) is 0.286. The molecule has 1 fully saturated rings. The Kier molecular flexibility index (Phi) is 7.23. The Hall–Kier alpha value is -1.77. The summed E-state index contributed by atoms with van der Waals surface area (Å²) in [6, 6.07) is 5.33. The Labute approximate surface area is 190 Å². The van der Waals surface area contributed by atoms with Gasteiger partial charge >= 0.3 is 6.18 Å². The average molecular weight is 496 g/mol.